The van der Waals surface area contributed by atoms with Gasteiger partial charge >= 0.3 is 0 Å². The Morgan fingerprint density at radius 2 is 1.96 bits per heavy atom. The van der Waals surface area contributed by atoms with E-state index in [1.165, 1.54) is 31.0 Å². The van der Waals surface area contributed by atoms with Crippen LogP contribution in [0.25, 0.3) is 11.3 Å². The summed E-state index contributed by atoms with van der Waals surface area (Å²) in [5, 5.41) is 0.387. The second-order valence-electron chi connectivity index (χ2n) is 4.91. The van der Waals surface area contributed by atoms with Gasteiger partial charge in [0, 0.05) is 5.56 Å². The largest absolute Gasteiger partial charge is 0.496 e. The number of carbonyl (C=O) groups is 1. The molecule has 0 spiro atoms. The number of benzene rings is 2. The van der Waals surface area contributed by atoms with Crippen LogP contribution >= 0.6 is 11.8 Å². The number of hydrogen-bond acceptors (Lipinski definition) is 5. The molecular formula is C18H14FNO3S. The predicted molar refractivity (Wildman–Crippen MR) is 89.9 cm³/mol. The lowest BCUT2D eigenvalue weighted by Gasteiger charge is -2.05. The van der Waals surface area contributed by atoms with Crippen LogP contribution in [-0.2, 0) is 0 Å². The Kier molecular flexibility index (Phi) is 4.96. The molecule has 4 nitrogen and oxygen atoms in total. The first-order valence-electron chi connectivity index (χ1n) is 7.18. The summed E-state index contributed by atoms with van der Waals surface area (Å²) in [5.74, 6) is 0.878. The van der Waals surface area contributed by atoms with Gasteiger partial charge in [0.05, 0.1) is 24.6 Å². The van der Waals surface area contributed by atoms with Gasteiger partial charge in [0.2, 0.25) is 0 Å². The second kappa shape index (κ2) is 7.31. The van der Waals surface area contributed by atoms with Gasteiger partial charge in [0.1, 0.15) is 11.6 Å². The summed E-state index contributed by atoms with van der Waals surface area (Å²) in [6.07, 6.45) is 1.56. The summed E-state index contributed by atoms with van der Waals surface area (Å²) in [5.41, 5.74) is 1.25. The van der Waals surface area contributed by atoms with Crippen molar-refractivity contribution in [1.82, 2.24) is 4.98 Å². The van der Waals surface area contributed by atoms with Crippen LogP contribution in [0.2, 0.25) is 0 Å². The summed E-state index contributed by atoms with van der Waals surface area (Å²) in [6.45, 7) is 0. The Morgan fingerprint density at radius 3 is 2.71 bits per heavy atom. The zero-order valence-electron chi connectivity index (χ0n) is 12.9. The molecule has 0 amide bonds. The maximum Gasteiger partial charge on any atom is 0.256 e. The second-order valence-corrected chi connectivity index (χ2v) is 5.84. The number of carbonyl (C=O) groups excluding carboxylic acids is 1. The van der Waals surface area contributed by atoms with Crippen LogP contribution in [0.3, 0.4) is 0 Å². The highest BCUT2D eigenvalue weighted by Gasteiger charge is 2.14. The van der Waals surface area contributed by atoms with Gasteiger partial charge < -0.3 is 9.15 Å². The van der Waals surface area contributed by atoms with Crippen molar-refractivity contribution in [2.24, 2.45) is 0 Å². The molecule has 0 radical (unpaired) electrons. The molecule has 24 heavy (non-hydrogen) atoms. The third-order valence-corrected chi connectivity index (χ3v) is 4.19. The number of ketones is 1. The molecule has 1 heterocycles. The van der Waals surface area contributed by atoms with Gasteiger partial charge in [0.15, 0.2) is 11.5 Å². The molecule has 0 aliphatic rings. The quantitative estimate of drug-likeness (QED) is 0.488. The van der Waals surface area contributed by atoms with E-state index in [0.717, 1.165) is 5.56 Å². The monoisotopic (exact) mass is 343 g/mol. The highest BCUT2D eigenvalue weighted by atomic mass is 32.2. The molecular weight excluding hydrogens is 329 g/mol. The van der Waals surface area contributed by atoms with Gasteiger partial charge in [-0.05, 0) is 36.4 Å². The standard InChI is InChI=1S/C18H14FNO3S/c1-22-16-5-3-2-4-14(16)15(21)11-24-18-20-10-17(23-18)12-6-8-13(19)9-7-12/h2-10H,11H2,1H3. The zero-order chi connectivity index (χ0) is 16.9. The zero-order valence-corrected chi connectivity index (χ0v) is 13.7. The van der Waals surface area contributed by atoms with Crippen LogP contribution in [0.4, 0.5) is 4.39 Å². The van der Waals surface area contributed by atoms with Crippen molar-refractivity contribution in [3.8, 4) is 17.1 Å². The van der Waals surface area contributed by atoms with Crippen molar-refractivity contribution in [2.45, 2.75) is 5.22 Å². The highest BCUT2D eigenvalue weighted by molar-refractivity contribution is 7.99. The van der Waals surface area contributed by atoms with Crippen LogP contribution in [0.5, 0.6) is 5.75 Å². The molecule has 0 fully saturated rings. The first-order valence-corrected chi connectivity index (χ1v) is 8.16. The molecule has 6 heteroatoms. The average Bonchev–Trinajstić information content (AvgIpc) is 3.09. The lowest BCUT2D eigenvalue weighted by molar-refractivity contribution is 0.101. The van der Waals surface area contributed by atoms with E-state index in [-0.39, 0.29) is 17.4 Å². The number of rotatable bonds is 6. The molecule has 3 rings (SSSR count). The normalized spacial score (nSPS) is 10.6. The number of ether oxygens (including phenoxy) is 1. The summed E-state index contributed by atoms with van der Waals surface area (Å²) in [7, 11) is 1.53. The first kappa shape index (κ1) is 16.3. The number of aromatic nitrogens is 1. The lowest BCUT2D eigenvalue weighted by Crippen LogP contribution is -2.04. The smallest absolute Gasteiger partial charge is 0.256 e. The van der Waals surface area contributed by atoms with E-state index < -0.39 is 0 Å². The van der Waals surface area contributed by atoms with Crippen molar-refractivity contribution in [3.63, 3.8) is 0 Å². The SMILES string of the molecule is COc1ccccc1C(=O)CSc1ncc(-c2ccc(F)cc2)o1. The Hall–Kier alpha value is -2.60. The van der Waals surface area contributed by atoms with E-state index in [9.17, 15) is 9.18 Å². The van der Waals surface area contributed by atoms with E-state index in [0.29, 0.717) is 22.3 Å². The Morgan fingerprint density at radius 1 is 1.21 bits per heavy atom. The molecule has 0 N–H and O–H groups in total. The first-order chi connectivity index (χ1) is 11.7. The maximum absolute atomic E-state index is 12.9. The van der Waals surface area contributed by atoms with Crippen molar-refractivity contribution < 1.29 is 18.3 Å². The van der Waals surface area contributed by atoms with Gasteiger partial charge in [0.25, 0.3) is 5.22 Å². The number of Topliss-reactive ketones (excluding diaryl/α,β-unsaturated/α-hetero) is 1. The summed E-state index contributed by atoms with van der Waals surface area (Å²) in [4.78, 5) is 16.4. The number of halogens is 1. The van der Waals surface area contributed by atoms with Crippen LogP contribution in [0.1, 0.15) is 10.4 Å². The van der Waals surface area contributed by atoms with Crippen molar-refractivity contribution >= 4 is 17.5 Å². The van der Waals surface area contributed by atoms with Crippen molar-refractivity contribution in [2.75, 3.05) is 12.9 Å². The molecule has 2 aromatic carbocycles. The minimum absolute atomic E-state index is 0.0704. The van der Waals surface area contributed by atoms with Gasteiger partial charge in [-0.1, -0.05) is 23.9 Å². The fourth-order valence-corrected chi connectivity index (χ4v) is 2.84. The van der Waals surface area contributed by atoms with Gasteiger partial charge in [-0.3, -0.25) is 4.79 Å². The minimum atomic E-state index is -0.310. The molecule has 0 aliphatic carbocycles. The van der Waals surface area contributed by atoms with Crippen LogP contribution in [-0.4, -0.2) is 23.6 Å². The van der Waals surface area contributed by atoms with Crippen LogP contribution in [0, 0.1) is 5.82 Å². The summed E-state index contributed by atoms with van der Waals surface area (Å²) < 4.78 is 23.7. The molecule has 3 aromatic rings. The third kappa shape index (κ3) is 3.65. The van der Waals surface area contributed by atoms with E-state index in [2.05, 4.69) is 4.98 Å². The molecule has 0 atom stereocenters. The molecule has 0 saturated carbocycles. The summed E-state index contributed by atoms with van der Waals surface area (Å²) >= 11 is 1.20. The Balaban J connectivity index is 1.67. The fourth-order valence-electron chi connectivity index (χ4n) is 2.15. The number of para-hydroxylation sites is 1. The number of nitrogens with zero attached hydrogens (tertiary/aromatic N) is 1. The van der Waals surface area contributed by atoms with Crippen LogP contribution < -0.4 is 4.74 Å². The Labute approximate surface area is 142 Å². The average molecular weight is 343 g/mol. The number of hydrogen-bond donors (Lipinski definition) is 0. The maximum atomic E-state index is 12.9. The van der Waals surface area contributed by atoms with E-state index >= 15 is 0 Å². The van der Waals surface area contributed by atoms with E-state index in [4.69, 9.17) is 9.15 Å². The minimum Gasteiger partial charge on any atom is -0.496 e. The third-order valence-electron chi connectivity index (χ3n) is 3.35. The Bertz CT molecular complexity index is 845. The van der Waals surface area contributed by atoms with Crippen LogP contribution in [0.15, 0.2) is 64.4 Å². The molecule has 1 aromatic heterocycles. The number of methoxy groups -OCH3 is 1. The number of oxazole rings is 1. The van der Waals surface area contributed by atoms with Gasteiger partial charge in [-0.2, -0.15) is 0 Å². The predicted octanol–water partition coefficient (Wildman–Crippen LogP) is 4.46. The van der Waals surface area contributed by atoms with Crippen molar-refractivity contribution in [3.05, 3.63) is 66.1 Å². The van der Waals surface area contributed by atoms with Crippen molar-refractivity contribution in [1.29, 1.82) is 0 Å². The molecule has 0 saturated heterocycles. The molecule has 0 bridgehead atoms. The van der Waals surface area contributed by atoms with E-state index in [1.807, 2.05) is 6.07 Å². The molecule has 122 valence electrons. The topological polar surface area (TPSA) is 52.3 Å². The fraction of sp³-hybridized carbons (Fsp3) is 0.111. The number of thioether (sulfide) groups is 1. The molecule has 0 unspecified atom stereocenters. The van der Waals surface area contributed by atoms with E-state index in [1.54, 1.807) is 36.5 Å². The lowest BCUT2D eigenvalue weighted by atomic mass is 10.1. The molecule has 0 aliphatic heterocycles. The van der Waals surface area contributed by atoms with Gasteiger partial charge in [-0.15, -0.1) is 0 Å². The summed E-state index contributed by atoms with van der Waals surface area (Å²) in [6, 6.07) is 13.0. The highest BCUT2D eigenvalue weighted by Crippen LogP contribution is 2.27. The van der Waals surface area contributed by atoms with Gasteiger partial charge in [-0.25, -0.2) is 9.37 Å².